The van der Waals surface area contributed by atoms with Gasteiger partial charge in [0.2, 0.25) is 0 Å². The normalized spacial score (nSPS) is 19.8. The van der Waals surface area contributed by atoms with Crippen LogP contribution in [0.4, 0.5) is 0 Å². The summed E-state index contributed by atoms with van der Waals surface area (Å²) >= 11 is 0. The zero-order chi connectivity index (χ0) is 18.0. The number of aryl methyl sites for hydroxylation is 2. The standard InChI is InChI=1S/C16H17.C9H13.2HI.Zr/c1-12-10-14-8-5-9-15(16(14)11-12)13-6-3-2-4-7-13;1-6-5-7(2)9(4)8(6)3;;;/h2-4,6-7,10-11,15H,5,8-9H2,1H3;6H,1-4H3;2*1H;/q2*-1;;;+4/p-2. The predicted octanol–water partition coefficient (Wildman–Crippen LogP) is 0.910. The van der Waals surface area contributed by atoms with E-state index in [0.29, 0.717) is 11.8 Å². The van der Waals surface area contributed by atoms with Gasteiger partial charge in [0.15, 0.2) is 0 Å². The van der Waals surface area contributed by atoms with Crippen molar-refractivity contribution in [3.8, 4) is 0 Å². The molecule has 0 amide bonds. The quantitative estimate of drug-likeness (QED) is 0.312. The first-order chi connectivity index (χ1) is 12.0. The van der Waals surface area contributed by atoms with Crippen molar-refractivity contribution in [1.82, 2.24) is 0 Å². The molecule has 0 aliphatic heterocycles. The molecule has 28 heavy (non-hydrogen) atoms. The van der Waals surface area contributed by atoms with E-state index in [0.717, 1.165) is 0 Å². The molecule has 0 nitrogen and oxygen atoms in total. The molecule has 0 N–H and O–H groups in total. The average molecular weight is 676 g/mol. The molecule has 0 saturated heterocycles. The fraction of sp³-hybridized carbons (Fsp3) is 0.400. The van der Waals surface area contributed by atoms with E-state index in [-0.39, 0.29) is 74.2 Å². The Bertz CT molecular complexity index is 799. The fourth-order valence-corrected chi connectivity index (χ4v) is 4.12. The molecule has 2 atom stereocenters. The molecule has 3 heteroatoms. The summed E-state index contributed by atoms with van der Waals surface area (Å²) in [7, 11) is 0. The van der Waals surface area contributed by atoms with Gasteiger partial charge in [0.05, 0.1) is 0 Å². The summed E-state index contributed by atoms with van der Waals surface area (Å²) in [5.41, 5.74) is 10.3. The third kappa shape index (κ3) is 6.70. The van der Waals surface area contributed by atoms with Gasteiger partial charge < -0.3 is 48.0 Å². The molecular weight excluding hydrogens is 645 g/mol. The van der Waals surface area contributed by atoms with Gasteiger partial charge in [-0.3, -0.25) is 6.08 Å². The maximum atomic E-state index is 3.36. The summed E-state index contributed by atoms with van der Waals surface area (Å²) in [6.45, 7) is 10.9. The Morgan fingerprint density at radius 1 is 1.00 bits per heavy atom. The maximum absolute atomic E-state index is 3.36. The Kier molecular flexibility index (Phi) is 13.1. The maximum Gasteiger partial charge on any atom is 4.00 e. The van der Waals surface area contributed by atoms with Crippen molar-refractivity contribution in [2.45, 2.75) is 59.8 Å². The molecule has 2 unspecified atom stereocenters. The Morgan fingerprint density at radius 3 is 2.14 bits per heavy atom. The first kappa shape index (κ1) is 28.4. The first-order valence-electron chi connectivity index (χ1n) is 9.56. The number of fused-ring (bicyclic) bond motifs is 1. The SMILES string of the molecule is CC1=[C-]C(C)C(C)=C1C.Cc1cc2c([cH-]1)CCCC2c1ccccc1.[I-].[I-].[Zr+4]. The minimum absolute atomic E-state index is 0. The van der Waals surface area contributed by atoms with Crippen LogP contribution in [0.25, 0.3) is 0 Å². The number of benzene rings is 1. The number of rotatable bonds is 1. The van der Waals surface area contributed by atoms with Crippen LogP contribution in [-0.4, -0.2) is 0 Å². The van der Waals surface area contributed by atoms with Crippen molar-refractivity contribution in [3.05, 3.63) is 87.5 Å². The van der Waals surface area contributed by atoms with Crippen LogP contribution in [0.5, 0.6) is 0 Å². The number of allylic oxidation sites excluding steroid dienone is 4. The third-order valence-electron chi connectivity index (χ3n) is 5.91. The number of halogens is 2. The second-order valence-electron chi connectivity index (χ2n) is 7.67. The smallest absolute Gasteiger partial charge is 1.00 e. The molecular formula is C25H30I2Zr. The van der Waals surface area contributed by atoms with E-state index in [9.17, 15) is 0 Å². The van der Waals surface area contributed by atoms with Crippen LogP contribution in [0.3, 0.4) is 0 Å². The van der Waals surface area contributed by atoms with Gasteiger partial charge in [-0.1, -0.05) is 88.8 Å². The van der Waals surface area contributed by atoms with Gasteiger partial charge in [-0.25, -0.2) is 11.6 Å². The van der Waals surface area contributed by atoms with Gasteiger partial charge in [0, 0.05) is 0 Å². The van der Waals surface area contributed by atoms with Gasteiger partial charge in [-0.15, -0.1) is 6.92 Å². The number of hydrogen-bond acceptors (Lipinski definition) is 0. The molecule has 0 bridgehead atoms. The van der Waals surface area contributed by atoms with E-state index in [2.05, 4.69) is 83.2 Å². The molecule has 2 aliphatic carbocycles. The summed E-state index contributed by atoms with van der Waals surface area (Å²) in [5.74, 6) is 1.20. The van der Waals surface area contributed by atoms with Crippen molar-refractivity contribution < 1.29 is 74.2 Å². The second kappa shape index (κ2) is 12.9. The zero-order valence-corrected chi connectivity index (χ0v) is 24.3. The molecule has 0 saturated carbocycles. The van der Waals surface area contributed by atoms with Crippen LogP contribution in [0.1, 0.15) is 68.7 Å². The molecule has 0 heterocycles. The molecule has 0 aromatic heterocycles. The Labute approximate surface area is 225 Å². The Hall–Kier alpha value is 0.393. The molecule has 2 aromatic carbocycles. The molecule has 0 fully saturated rings. The molecule has 0 radical (unpaired) electrons. The molecule has 148 valence electrons. The average Bonchev–Trinajstić information content (AvgIpc) is 3.10. The van der Waals surface area contributed by atoms with Crippen LogP contribution in [0, 0.1) is 18.9 Å². The van der Waals surface area contributed by atoms with E-state index in [1.807, 2.05) is 0 Å². The molecule has 4 rings (SSSR count). The molecule has 2 aromatic rings. The van der Waals surface area contributed by atoms with Crippen LogP contribution in [0.15, 0.2) is 59.2 Å². The van der Waals surface area contributed by atoms with E-state index < -0.39 is 0 Å². The summed E-state index contributed by atoms with van der Waals surface area (Å²) in [6.07, 6.45) is 7.26. The van der Waals surface area contributed by atoms with Crippen molar-refractivity contribution >= 4 is 0 Å². The zero-order valence-electron chi connectivity index (χ0n) is 17.6. The minimum atomic E-state index is 0. The van der Waals surface area contributed by atoms with Gasteiger partial charge in [0.25, 0.3) is 0 Å². The van der Waals surface area contributed by atoms with Crippen LogP contribution < -0.4 is 48.0 Å². The summed E-state index contributed by atoms with van der Waals surface area (Å²) in [5, 5.41) is 0. The Balaban J connectivity index is 0.000000533. The monoisotopic (exact) mass is 674 g/mol. The topological polar surface area (TPSA) is 0 Å². The van der Waals surface area contributed by atoms with Crippen LogP contribution in [-0.2, 0) is 32.6 Å². The fourth-order valence-electron chi connectivity index (χ4n) is 4.12. The molecule has 2 aliphatic rings. The minimum Gasteiger partial charge on any atom is -1.00 e. The van der Waals surface area contributed by atoms with E-state index in [1.54, 1.807) is 11.1 Å². The first-order valence-corrected chi connectivity index (χ1v) is 9.56. The van der Waals surface area contributed by atoms with Crippen LogP contribution >= 0.6 is 0 Å². The summed E-state index contributed by atoms with van der Waals surface area (Å²) < 4.78 is 0. The van der Waals surface area contributed by atoms with E-state index in [1.165, 1.54) is 47.1 Å². The van der Waals surface area contributed by atoms with Crippen molar-refractivity contribution in [2.75, 3.05) is 0 Å². The summed E-state index contributed by atoms with van der Waals surface area (Å²) in [6, 6.07) is 15.7. The van der Waals surface area contributed by atoms with Gasteiger partial charge >= 0.3 is 26.2 Å². The largest absolute Gasteiger partial charge is 4.00 e. The van der Waals surface area contributed by atoms with Gasteiger partial charge in [-0.2, -0.15) is 33.9 Å². The van der Waals surface area contributed by atoms with Gasteiger partial charge in [0.1, 0.15) is 0 Å². The van der Waals surface area contributed by atoms with Crippen molar-refractivity contribution in [1.29, 1.82) is 0 Å². The van der Waals surface area contributed by atoms with Gasteiger partial charge in [-0.05, 0) is 5.92 Å². The number of hydrogen-bond donors (Lipinski definition) is 0. The summed E-state index contributed by atoms with van der Waals surface area (Å²) in [4.78, 5) is 0. The van der Waals surface area contributed by atoms with E-state index >= 15 is 0 Å². The van der Waals surface area contributed by atoms with Crippen molar-refractivity contribution in [2.24, 2.45) is 5.92 Å². The third-order valence-corrected chi connectivity index (χ3v) is 5.91. The second-order valence-corrected chi connectivity index (χ2v) is 7.67. The van der Waals surface area contributed by atoms with Crippen molar-refractivity contribution in [3.63, 3.8) is 0 Å². The predicted molar refractivity (Wildman–Crippen MR) is 108 cm³/mol. The molecule has 0 spiro atoms. The van der Waals surface area contributed by atoms with Crippen LogP contribution in [0.2, 0.25) is 0 Å². The Morgan fingerprint density at radius 2 is 1.64 bits per heavy atom. The van der Waals surface area contributed by atoms with E-state index in [4.69, 9.17) is 0 Å².